The third kappa shape index (κ3) is 4.91. The minimum absolute atomic E-state index is 0.172. The van der Waals surface area contributed by atoms with Gasteiger partial charge in [0.1, 0.15) is 5.75 Å². The zero-order chi connectivity index (χ0) is 14.5. The normalized spacial score (nSPS) is 12.9. The average molecular weight is 264 g/mol. The van der Waals surface area contributed by atoms with Crippen molar-refractivity contribution in [3.05, 3.63) is 24.3 Å². The lowest BCUT2D eigenvalue weighted by atomic mass is 9.87. The summed E-state index contributed by atoms with van der Waals surface area (Å²) in [6, 6.07) is 6.78. The van der Waals surface area contributed by atoms with Gasteiger partial charge in [-0.3, -0.25) is 4.79 Å². The summed E-state index contributed by atoms with van der Waals surface area (Å²) < 4.78 is 5.48. The zero-order valence-electron chi connectivity index (χ0n) is 12.2. The van der Waals surface area contributed by atoms with E-state index < -0.39 is 6.04 Å². The standard InChI is InChI=1S/C15H24N2O2/c1-5-10-19-12-8-6-11(7-9-12)17-14(18)13(16)15(2,3)4/h6-9,13H,5,10,16H2,1-4H3,(H,17,18)/t13-/m0/s1. The monoisotopic (exact) mass is 264 g/mol. The second-order valence-electron chi connectivity index (χ2n) is 5.71. The van der Waals surface area contributed by atoms with Crippen LogP contribution in [0.5, 0.6) is 5.75 Å². The van der Waals surface area contributed by atoms with Crippen LogP contribution < -0.4 is 15.8 Å². The quantitative estimate of drug-likeness (QED) is 0.859. The number of rotatable bonds is 5. The van der Waals surface area contributed by atoms with Gasteiger partial charge >= 0.3 is 0 Å². The van der Waals surface area contributed by atoms with Crippen LogP contribution >= 0.6 is 0 Å². The molecule has 106 valence electrons. The highest BCUT2D eigenvalue weighted by molar-refractivity contribution is 5.95. The van der Waals surface area contributed by atoms with E-state index in [9.17, 15) is 4.79 Å². The van der Waals surface area contributed by atoms with Gasteiger partial charge in [-0.1, -0.05) is 27.7 Å². The molecule has 0 aromatic heterocycles. The molecule has 1 amide bonds. The molecule has 1 rings (SSSR count). The Kier molecular flexibility index (Phi) is 5.36. The van der Waals surface area contributed by atoms with Gasteiger partial charge in [-0.25, -0.2) is 0 Å². The molecule has 0 unspecified atom stereocenters. The van der Waals surface area contributed by atoms with Gasteiger partial charge in [0, 0.05) is 5.69 Å². The molecule has 0 aliphatic heterocycles. The van der Waals surface area contributed by atoms with E-state index in [1.165, 1.54) is 0 Å². The van der Waals surface area contributed by atoms with Crippen molar-refractivity contribution in [2.45, 2.75) is 40.2 Å². The number of benzene rings is 1. The highest BCUT2D eigenvalue weighted by Gasteiger charge is 2.27. The van der Waals surface area contributed by atoms with Crippen LogP contribution in [0.4, 0.5) is 5.69 Å². The van der Waals surface area contributed by atoms with Crippen molar-refractivity contribution in [2.24, 2.45) is 11.1 Å². The van der Waals surface area contributed by atoms with Crippen LogP contribution in [0.15, 0.2) is 24.3 Å². The van der Waals surface area contributed by atoms with E-state index in [2.05, 4.69) is 12.2 Å². The largest absolute Gasteiger partial charge is 0.494 e. The lowest BCUT2D eigenvalue weighted by molar-refractivity contribution is -0.119. The van der Waals surface area contributed by atoms with E-state index in [0.717, 1.165) is 17.9 Å². The SMILES string of the molecule is CCCOc1ccc(NC(=O)[C@H](N)C(C)(C)C)cc1. The molecule has 0 saturated carbocycles. The maximum atomic E-state index is 11.9. The first-order valence-electron chi connectivity index (χ1n) is 6.64. The minimum atomic E-state index is -0.538. The highest BCUT2D eigenvalue weighted by atomic mass is 16.5. The van der Waals surface area contributed by atoms with Gasteiger partial charge in [-0.15, -0.1) is 0 Å². The van der Waals surface area contributed by atoms with Gasteiger partial charge in [-0.05, 0) is 36.1 Å². The lowest BCUT2D eigenvalue weighted by Crippen LogP contribution is -2.45. The fraction of sp³-hybridized carbons (Fsp3) is 0.533. The molecule has 0 spiro atoms. The number of anilines is 1. The Morgan fingerprint density at radius 2 is 1.89 bits per heavy atom. The molecule has 1 aromatic rings. The van der Waals surface area contributed by atoms with Crippen LogP contribution in [-0.2, 0) is 4.79 Å². The number of nitrogens with two attached hydrogens (primary N) is 1. The first kappa shape index (κ1) is 15.5. The van der Waals surface area contributed by atoms with Crippen LogP contribution in [0.1, 0.15) is 34.1 Å². The molecule has 3 N–H and O–H groups in total. The second kappa shape index (κ2) is 6.57. The first-order valence-corrected chi connectivity index (χ1v) is 6.64. The number of carbonyl (C=O) groups excluding carboxylic acids is 1. The van der Waals surface area contributed by atoms with E-state index in [1.807, 2.05) is 45.0 Å². The molecule has 0 aliphatic rings. The van der Waals surface area contributed by atoms with Crippen LogP contribution in [0.25, 0.3) is 0 Å². The van der Waals surface area contributed by atoms with Gasteiger partial charge in [-0.2, -0.15) is 0 Å². The maximum Gasteiger partial charge on any atom is 0.241 e. The molecule has 19 heavy (non-hydrogen) atoms. The third-order valence-electron chi connectivity index (χ3n) is 2.81. The van der Waals surface area contributed by atoms with E-state index in [-0.39, 0.29) is 11.3 Å². The lowest BCUT2D eigenvalue weighted by Gasteiger charge is -2.25. The van der Waals surface area contributed by atoms with E-state index in [0.29, 0.717) is 6.61 Å². The van der Waals surface area contributed by atoms with E-state index >= 15 is 0 Å². The van der Waals surface area contributed by atoms with E-state index in [4.69, 9.17) is 10.5 Å². The molecule has 1 aromatic carbocycles. The number of nitrogens with one attached hydrogen (secondary N) is 1. The van der Waals surface area contributed by atoms with Crippen molar-refractivity contribution < 1.29 is 9.53 Å². The summed E-state index contributed by atoms with van der Waals surface area (Å²) in [6.07, 6.45) is 0.971. The zero-order valence-corrected chi connectivity index (χ0v) is 12.2. The smallest absolute Gasteiger partial charge is 0.241 e. The molecule has 0 fully saturated rings. The van der Waals surface area contributed by atoms with Crippen molar-refractivity contribution in [1.29, 1.82) is 0 Å². The third-order valence-corrected chi connectivity index (χ3v) is 2.81. The molecule has 0 heterocycles. The molecule has 4 nitrogen and oxygen atoms in total. The summed E-state index contributed by atoms with van der Waals surface area (Å²) in [4.78, 5) is 11.9. The number of ether oxygens (including phenoxy) is 1. The fourth-order valence-corrected chi connectivity index (χ4v) is 1.47. The molecule has 0 aliphatic carbocycles. The molecule has 0 saturated heterocycles. The summed E-state index contributed by atoms with van der Waals surface area (Å²) in [5.74, 6) is 0.634. The Morgan fingerprint density at radius 1 is 1.32 bits per heavy atom. The Balaban J connectivity index is 2.60. The average Bonchev–Trinajstić information content (AvgIpc) is 2.36. The van der Waals surface area contributed by atoms with E-state index in [1.54, 1.807) is 0 Å². The van der Waals surface area contributed by atoms with Gasteiger partial charge < -0.3 is 15.8 Å². The maximum absolute atomic E-state index is 11.9. The van der Waals surface area contributed by atoms with Gasteiger partial charge in [0.2, 0.25) is 5.91 Å². The van der Waals surface area contributed by atoms with Crippen molar-refractivity contribution in [3.63, 3.8) is 0 Å². The molecule has 1 atom stereocenters. The summed E-state index contributed by atoms with van der Waals surface area (Å²) >= 11 is 0. The predicted molar refractivity (Wildman–Crippen MR) is 78.3 cm³/mol. The highest BCUT2D eigenvalue weighted by Crippen LogP contribution is 2.20. The van der Waals surface area contributed by atoms with Crippen LogP contribution in [0.3, 0.4) is 0 Å². The van der Waals surface area contributed by atoms with Crippen molar-refractivity contribution in [1.82, 2.24) is 0 Å². The summed E-state index contributed by atoms with van der Waals surface area (Å²) in [5, 5.41) is 2.81. The molecule has 0 radical (unpaired) electrons. The second-order valence-corrected chi connectivity index (χ2v) is 5.71. The van der Waals surface area contributed by atoms with Crippen LogP contribution in [0.2, 0.25) is 0 Å². The number of hydrogen-bond acceptors (Lipinski definition) is 3. The number of amides is 1. The van der Waals surface area contributed by atoms with Gasteiger partial charge in [0.25, 0.3) is 0 Å². The molecule has 4 heteroatoms. The Morgan fingerprint density at radius 3 is 2.37 bits per heavy atom. The fourth-order valence-electron chi connectivity index (χ4n) is 1.47. The Hall–Kier alpha value is -1.55. The van der Waals surface area contributed by atoms with Crippen molar-refractivity contribution in [3.8, 4) is 5.75 Å². The number of carbonyl (C=O) groups is 1. The topological polar surface area (TPSA) is 64.3 Å². The summed E-state index contributed by atoms with van der Waals surface area (Å²) in [5.41, 5.74) is 6.38. The van der Waals surface area contributed by atoms with Crippen LogP contribution in [0, 0.1) is 5.41 Å². The van der Waals surface area contributed by atoms with Crippen molar-refractivity contribution >= 4 is 11.6 Å². The Labute approximate surface area is 115 Å². The summed E-state index contributed by atoms with van der Waals surface area (Å²) in [7, 11) is 0. The van der Waals surface area contributed by atoms with Crippen molar-refractivity contribution in [2.75, 3.05) is 11.9 Å². The Bertz CT molecular complexity index is 407. The van der Waals surface area contributed by atoms with Gasteiger partial charge in [0.15, 0.2) is 0 Å². The molecular formula is C15H24N2O2. The summed E-state index contributed by atoms with van der Waals surface area (Å²) in [6.45, 7) is 8.58. The molecular weight excluding hydrogens is 240 g/mol. The van der Waals surface area contributed by atoms with Gasteiger partial charge in [0.05, 0.1) is 12.6 Å². The molecule has 0 bridgehead atoms. The predicted octanol–water partition coefficient (Wildman–Crippen LogP) is 2.79. The van der Waals surface area contributed by atoms with Crippen LogP contribution in [-0.4, -0.2) is 18.6 Å². The first-order chi connectivity index (χ1) is 8.84. The minimum Gasteiger partial charge on any atom is -0.494 e. The number of hydrogen-bond donors (Lipinski definition) is 2.